The minimum absolute atomic E-state index is 0.283. The molecule has 7 heteroatoms. The Kier molecular flexibility index (Phi) is 7.77. The van der Waals surface area contributed by atoms with Crippen LogP contribution in [-0.4, -0.2) is 43.4 Å². The SMILES string of the molecule is COC[C@H](C)N[C@H]1CC[C@H](Nc2cc(-c3cc(NCC4(C)CC4)ccc3F)c(Cl)cn2)CC1. The quantitative estimate of drug-likeness (QED) is 0.388. The summed E-state index contributed by atoms with van der Waals surface area (Å²) in [6, 6.07) is 8.25. The molecule has 1 aromatic carbocycles. The van der Waals surface area contributed by atoms with Crippen LogP contribution in [0.5, 0.6) is 0 Å². The van der Waals surface area contributed by atoms with Gasteiger partial charge in [0.05, 0.1) is 11.6 Å². The topological polar surface area (TPSA) is 58.2 Å². The van der Waals surface area contributed by atoms with Crippen molar-refractivity contribution < 1.29 is 9.13 Å². The third kappa shape index (κ3) is 6.58. The van der Waals surface area contributed by atoms with E-state index in [0.29, 0.717) is 39.7 Å². The number of benzene rings is 1. The summed E-state index contributed by atoms with van der Waals surface area (Å²) in [5.74, 6) is 0.454. The third-order valence-electron chi connectivity index (χ3n) is 6.95. The number of aromatic nitrogens is 1. The van der Waals surface area contributed by atoms with Gasteiger partial charge in [0.2, 0.25) is 0 Å². The lowest BCUT2D eigenvalue weighted by Gasteiger charge is -2.32. The number of methoxy groups -OCH3 is 1. The molecule has 2 aliphatic rings. The van der Waals surface area contributed by atoms with Crippen molar-refractivity contribution in [1.82, 2.24) is 10.3 Å². The Hall–Kier alpha value is -1.89. The maximum Gasteiger partial charge on any atom is 0.131 e. The van der Waals surface area contributed by atoms with Crippen molar-refractivity contribution in [1.29, 1.82) is 0 Å². The van der Waals surface area contributed by atoms with E-state index in [2.05, 4.69) is 34.8 Å². The Bertz CT molecular complexity index is 944. The van der Waals surface area contributed by atoms with Gasteiger partial charge in [-0.1, -0.05) is 18.5 Å². The summed E-state index contributed by atoms with van der Waals surface area (Å²) < 4.78 is 20.0. The number of rotatable bonds is 10. The van der Waals surface area contributed by atoms with Crippen molar-refractivity contribution in [3.05, 3.63) is 41.3 Å². The first-order chi connectivity index (χ1) is 15.8. The molecule has 0 aliphatic heterocycles. The van der Waals surface area contributed by atoms with Crippen LogP contribution in [0, 0.1) is 11.2 Å². The van der Waals surface area contributed by atoms with Crippen molar-refractivity contribution in [3.8, 4) is 11.1 Å². The number of anilines is 2. The first kappa shape index (κ1) is 24.2. The molecule has 0 unspecified atom stereocenters. The van der Waals surface area contributed by atoms with Crippen LogP contribution in [-0.2, 0) is 4.74 Å². The molecule has 3 N–H and O–H groups in total. The van der Waals surface area contributed by atoms with E-state index >= 15 is 0 Å². The molecule has 1 aromatic heterocycles. The van der Waals surface area contributed by atoms with Gasteiger partial charge in [-0.25, -0.2) is 9.37 Å². The highest BCUT2D eigenvalue weighted by molar-refractivity contribution is 6.33. The van der Waals surface area contributed by atoms with E-state index in [1.165, 1.54) is 18.9 Å². The number of halogens is 2. The number of nitrogens with zero attached hydrogens (tertiary/aromatic N) is 1. The van der Waals surface area contributed by atoms with Crippen molar-refractivity contribution in [2.75, 3.05) is 30.9 Å². The van der Waals surface area contributed by atoms with Crippen LogP contribution in [0.4, 0.5) is 15.9 Å². The molecule has 33 heavy (non-hydrogen) atoms. The lowest BCUT2D eigenvalue weighted by molar-refractivity contribution is 0.161. The van der Waals surface area contributed by atoms with Crippen LogP contribution in [0.2, 0.25) is 5.02 Å². The zero-order valence-electron chi connectivity index (χ0n) is 19.9. The van der Waals surface area contributed by atoms with Crippen molar-refractivity contribution in [2.45, 2.75) is 70.5 Å². The lowest BCUT2D eigenvalue weighted by Crippen LogP contribution is -2.42. The fraction of sp³-hybridized carbons (Fsp3) is 0.577. The molecule has 2 saturated carbocycles. The Morgan fingerprint density at radius 3 is 2.58 bits per heavy atom. The summed E-state index contributed by atoms with van der Waals surface area (Å²) in [6.45, 7) is 6.05. The maximum absolute atomic E-state index is 14.8. The Balaban J connectivity index is 1.40. The van der Waals surface area contributed by atoms with Crippen molar-refractivity contribution in [2.24, 2.45) is 5.41 Å². The summed E-state index contributed by atoms with van der Waals surface area (Å²) >= 11 is 6.45. The molecule has 1 heterocycles. The van der Waals surface area contributed by atoms with Gasteiger partial charge in [0, 0.05) is 54.8 Å². The van der Waals surface area contributed by atoms with Gasteiger partial charge in [-0.3, -0.25) is 0 Å². The molecule has 180 valence electrons. The molecule has 0 amide bonds. The molecule has 0 spiro atoms. The molecule has 2 aromatic rings. The zero-order valence-corrected chi connectivity index (χ0v) is 20.6. The predicted molar refractivity (Wildman–Crippen MR) is 135 cm³/mol. The normalized spacial score (nSPS) is 22.6. The maximum atomic E-state index is 14.8. The van der Waals surface area contributed by atoms with Gasteiger partial charge < -0.3 is 20.7 Å². The van der Waals surface area contributed by atoms with Gasteiger partial charge >= 0.3 is 0 Å². The van der Waals surface area contributed by atoms with Gasteiger partial charge in [-0.2, -0.15) is 0 Å². The second-order valence-electron chi connectivity index (χ2n) is 10.1. The number of hydrogen-bond acceptors (Lipinski definition) is 5. The summed E-state index contributed by atoms with van der Waals surface area (Å²) in [5, 5.41) is 11.1. The smallest absolute Gasteiger partial charge is 0.131 e. The van der Waals surface area contributed by atoms with E-state index in [1.54, 1.807) is 19.4 Å². The van der Waals surface area contributed by atoms with Crippen LogP contribution >= 0.6 is 11.6 Å². The molecule has 0 radical (unpaired) electrons. The van der Waals surface area contributed by atoms with Gasteiger partial charge in [0.1, 0.15) is 11.6 Å². The molecule has 2 aliphatic carbocycles. The van der Waals surface area contributed by atoms with Crippen LogP contribution in [0.25, 0.3) is 11.1 Å². The van der Waals surface area contributed by atoms with E-state index in [0.717, 1.165) is 50.3 Å². The molecule has 2 fully saturated rings. The standard InChI is InChI=1S/C26H36ClFN4O/c1-17(15-33-3)31-18-4-6-19(7-5-18)32-25-13-21(23(27)14-29-25)22-12-20(8-9-24(22)28)30-16-26(2)10-11-26/h8-9,12-14,17-19,30-31H,4-7,10-11,15-16H2,1-3H3,(H,29,32)/t17-,18-,19-/m0/s1. The van der Waals surface area contributed by atoms with Crippen LogP contribution < -0.4 is 16.0 Å². The monoisotopic (exact) mass is 474 g/mol. The number of hydrogen-bond donors (Lipinski definition) is 3. The van der Waals surface area contributed by atoms with E-state index in [4.69, 9.17) is 16.3 Å². The average molecular weight is 475 g/mol. The number of ether oxygens (including phenoxy) is 1. The summed E-state index contributed by atoms with van der Waals surface area (Å²) in [7, 11) is 1.74. The molecule has 0 bridgehead atoms. The lowest BCUT2D eigenvalue weighted by atomic mass is 9.90. The van der Waals surface area contributed by atoms with Gasteiger partial charge in [0.25, 0.3) is 0 Å². The van der Waals surface area contributed by atoms with Gasteiger partial charge in [0.15, 0.2) is 0 Å². The Labute approximate surface area is 201 Å². The first-order valence-electron chi connectivity index (χ1n) is 12.1. The predicted octanol–water partition coefficient (Wildman–Crippen LogP) is 6.10. The Morgan fingerprint density at radius 2 is 1.88 bits per heavy atom. The van der Waals surface area contributed by atoms with Gasteiger partial charge in [-0.05, 0) is 75.1 Å². The minimum atomic E-state index is -0.283. The molecule has 5 nitrogen and oxygen atoms in total. The molecule has 0 saturated heterocycles. The summed E-state index contributed by atoms with van der Waals surface area (Å²) in [4.78, 5) is 4.47. The highest BCUT2D eigenvalue weighted by Crippen LogP contribution is 2.45. The van der Waals surface area contributed by atoms with E-state index in [9.17, 15) is 4.39 Å². The zero-order chi connectivity index (χ0) is 23.4. The van der Waals surface area contributed by atoms with Crippen molar-refractivity contribution >= 4 is 23.1 Å². The van der Waals surface area contributed by atoms with Crippen LogP contribution in [0.1, 0.15) is 52.4 Å². The first-order valence-corrected chi connectivity index (χ1v) is 12.4. The fourth-order valence-electron chi connectivity index (χ4n) is 4.59. The number of pyridine rings is 1. The molecular weight excluding hydrogens is 439 g/mol. The summed E-state index contributed by atoms with van der Waals surface area (Å²) in [5.41, 5.74) is 2.44. The van der Waals surface area contributed by atoms with E-state index in [1.807, 2.05) is 12.1 Å². The van der Waals surface area contributed by atoms with E-state index < -0.39 is 0 Å². The molecule has 4 rings (SSSR count). The Morgan fingerprint density at radius 1 is 1.15 bits per heavy atom. The second kappa shape index (κ2) is 10.6. The second-order valence-corrected chi connectivity index (χ2v) is 10.5. The fourth-order valence-corrected chi connectivity index (χ4v) is 4.79. The van der Waals surface area contributed by atoms with Crippen LogP contribution in [0.3, 0.4) is 0 Å². The minimum Gasteiger partial charge on any atom is -0.384 e. The molecule has 1 atom stereocenters. The summed E-state index contributed by atoms with van der Waals surface area (Å²) in [6.07, 6.45) is 8.42. The third-order valence-corrected chi connectivity index (χ3v) is 7.25. The highest BCUT2D eigenvalue weighted by Gasteiger charge is 2.36. The van der Waals surface area contributed by atoms with Crippen molar-refractivity contribution in [3.63, 3.8) is 0 Å². The largest absolute Gasteiger partial charge is 0.384 e. The van der Waals surface area contributed by atoms with Gasteiger partial charge in [-0.15, -0.1) is 0 Å². The van der Waals surface area contributed by atoms with E-state index in [-0.39, 0.29) is 5.82 Å². The number of nitrogens with one attached hydrogen (secondary N) is 3. The molecular formula is C26H36ClFN4O. The average Bonchev–Trinajstić information content (AvgIpc) is 3.53. The van der Waals surface area contributed by atoms with Crippen LogP contribution in [0.15, 0.2) is 30.5 Å². The highest BCUT2D eigenvalue weighted by atomic mass is 35.5.